The highest BCUT2D eigenvalue weighted by Crippen LogP contribution is 2.18. The van der Waals surface area contributed by atoms with Crippen LogP contribution in [0.3, 0.4) is 0 Å². The van der Waals surface area contributed by atoms with Crippen LogP contribution in [0.15, 0.2) is 34.7 Å². The summed E-state index contributed by atoms with van der Waals surface area (Å²) in [6.45, 7) is 3.12. The number of furan rings is 1. The van der Waals surface area contributed by atoms with E-state index in [1.54, 1.807) is 0 Å². The van der Waals surface area contributed by atoms with E-state index in [0.717, 1.165) is 36.1 Å². The van der Waals surface area contributed by atoms with Crippen LogP contribution in [0.2, 0.25) is 0 Å². The molecular weight excluding hydrogens is 214 g/mol. The molecule has 2 rings (SSSR count). The van der Waals surface area contributed by atoms with Crippen molar-refractivity contribution in [3.63, 3.8) is 0 Å². The summed E-state index contributed by atoms with van der Waals surface area (Å²) in [6.07, 6.45) is 1.82. The molecule has 1 aromatic carbocycles. The van der Waals surface area contributed by atoms with E-state index in [-0.39, 0.29) is 6.61 Å². The number of rotatable bonds is 6. The van der Waals surface area contributed by atoms with E-state index in [1.165, 1.54) is 0 Å². The predicted octanol–water partition coefficient (Wildman–Crippen LogP) is 2.68. The topological polar surface area (TPSA) is 45.4 Å². The summed E-state index contributed by atoms with van der Waals surface area (Å²) in [5.74, 6) is 0.960. The van der Waals surface area contributed by atoms with Gasteiger partial charge in [0, 0.05) is 18.0 Å². The number of hydrogen-bond acceptors (Lipinski definition) is 3. The minimum Gasteiger partial charge on any atom is -0.460 e. The molecule has 0 aliphatic carbocycles. The molecule has 1 aromatic heterocycles. The van der Waals surface area contributed by atoms with Gasteiger partial charge in [0.15, 0.2) is 0 Å². The van der Waals surface area contributed by atoms with Crippen LogP contribution in [-0.2, 0) is 6.54 Å². The largest absolute Gasteiger partial charge is 0.460 e. The lowest BCUT2D eigenvalue weighted by atomic mass is 10.2. The lowest BCUT2D eigenvalue weighted by Crippen LogP contribution is -2.25. The molecule has 1 atom stereocenters. The molecular formula is C14H19NO2. The lowest BCUT2D eigenvalue weighted by molar-refractivity contribution is 0.276. The van der Waals surface area contributed by atoms with Crippen molar-refractivity contribution in [2.75, 3.05) is 6.61 Å². The molecule has 1 heterocycles. The van der Waals surface area contributed by atoms with Gasteiger partial charge >= 0.3 is 0 Å². The molecule has 0 aliphatic heterocycles. The molecule has 2 N–H and O–H groups in total. The van der Waals surface area contributed by atoms with Gasteiger partial charge in [0.25, 0.3) is 0 Å². The zero-order chi connectivity index (χ0) is 12.1. The van der Waals surface area contributed by atoms with E-state index in [9.17, 15) is 0 Å². The standard InChI is InChI=1S/C14H19NO2/c1-11(5-4-8-16)15-10-13-9-12-6-2-3-7-14(12)17-13/h2-3,6-7,9,11,15-16H,4-5,8,10H2,1H3. The molecule has 0 amide bonds. The fourth-order valence-electron chi connectivity index (χ4n) is 1.90. The second-order valence-corrected chi connectivity index (χ2v) is 4.40. The second kappa shape index (κ2) is 5.84. The molecule has 0 aliphatic rings. The van der Waals surface area contributed by atoms with E-state index in [1.807, 2.05) is 18.2 Å². The molecule has 3 heteroatoms. The van der Waals surface area contributed by atoms with Crippen LogP contribution >= 0.6 is 0 Å². The summed E-state index contributed by atoms with van der Waals surface area (Å²) in [4.78, 5) is 0. The van der Waals surface area contributed by atoms with Crippen molar-refractivity contribution in [1.82, 2.24) is 5.32 Å². The van der Waals surface area contributed by atoms with Crippen LogP contribution in [0.4, 0.5) is 0 Å². The van der Waals surface area contributed by atoms with Crippen molar-refractivity contribution >= 4 is 11.0 Å². The molecule has 17 heavy (non-hydrogen) atoms. The number of para-hydroxylation sites is 1. The Balaban J connectivity index is 1.90. The fraction of sp³-hybridized carbons (Fsp3) is 0.429. The van der Waals surface area contributed by atoms with Crippen LogP contribution in [-0.4, -0.2) is 17.8 Å². The first-order valence-corrected chi connectivity index (χ1v) is 6.11. The highest BCUT2D eigenvalue weighted by molar-refractivity contribution is 5.77. The Kier molecular flexibility index (Phi) is 4.18. The molecule has 92 valence electrons. The summed E-state index contributed by atoms with van der Waals surface area (Å²) in [7, 11) is 0. The Labute approximate surface area is 101 Å². The van der Waals surface area contributed by atoms with Gasteiger partial charge in [-0.3, -0.25) is 0 Å². The Morgan fingerprint density at radius 1 is 1.35 bits per heavy atom. The van der Waals surface area contributed by atoms with Crippen molar-refractivity contribution in [1.29, 1.82) is 0 Å². The fourth-order valence-corrected chi connectivity index (χ4v) is 1.90. The van der Waals surface area contributed by atoms with Gasteiger partial charge in [0.05, 0.1) is 6.54 Å². The lowest BCUT2D eigenvalue weighted by Gasteiger charge is -2.11. The quantitative estimate of drug-likeness (QED) is 0.806. The maximum atomic E-state index is 8.75. The smallest absolute Gasteiger partial charge is 0.134 e. The third-order valence-corrected chi connectivity index (χ3v) is 2.90. The molecule has 0 saturated carbocycles. The average Bonchev–Trinajstić information content (AvgIpc) is 2.76. The zero-order valence-corrected chi connectivity index (χ0v) is 10.1. The van der Waals surface area contributed by atoms with E-state index in [4.69, 9.17) is 9.52 Å². The Morgan fingerprint density at radius 2 is 2.18 bits per heavy atom. The SMILES string of the molecule is CC(CCCO)NCc1cc2ccccc2o1. The molecule has 0 radical (unpaired) electrons. The van der Waals surface area contributed by atoms with E-state index in [0.29, 0.717) is 6.04 Å². The molecule has 3 nitrogen and oxygen atoms in total. The molecule has 0 spiro atoms. The monoisotopic (exact) mass is 233 g/mol. The third-order valence-electron chi connectivity index (χ3n) is 2.90. The normalized spacial score (nSPS) is 13.1. The van der Waals surface area contributed by atoms with Crippen molar-refractivity contribution in [2.45, 2.75) is 32.4 Å². The van der Waals surface area contributed by atoms with Crippen LogP contribution in [0.25, 0.3) is 11.0 Å². The van der Waals surface area contributed by atoms with Gasteiger partial charge in [0.2, 0.25) is 0 Å². The first-order valence-electron chi connectivity index (χ1n) is 6.11. The predicted molar refractivity (Wildman–Crippen MR) is 68.8 cm³/mol. The summed E-state index contributed by atoms with van der Waals surface area (Å²) < 4.78 is 5.71. The van der Waals surface area contributed by atoms with Gasteiger partial charge in [-0.25, -0.2) is 0 Å². The van der Waals surface area contributed by atoms with Crippen molar-refractivity contribution in [2.24, 2.45) is 0 Å². The van der Waals surface area contributed by atoms with Gasteiger partial charge in [-0.15, -0.1) is 0 Å². The first-order chi connectivity index (χ1) is 8.29. The van der Waals surface area contributed by atoms with Gasteiger partial charge in [0.1, 0.15) is 11.3 Å². The van der Waals surface area contributed by atoms with Crippen molar-refractivity contribution in [3.05, 3.63) is 36.1 Å². The molecule has 0 fully saturated rings. The molecule has 1 unspecified atom stereocenters. The van der Waals surface area contributed by atoms with Gasteiger partial charge < -0.3 is 14.8 Å². The van der Waals surface area contributed by atoms with Crippen LogP contribution in [0.1, 0.15) is 25.5 Å². The number of aliphatic hydroxyl groups is 1. The highest BCUT2D eigenvalue weighted by atomic mass is 16.3. The van der Waals surface area contributed by atoms with E-state index < -0.39 is 0 Å². The maximum Gasteiger partial charge on any atom is 0.134 e. The minimum atomic E-state index is 0.261. The Bertz CT molecular complexity index is 431. The van der Waals surface area contributed by atoms with Gasteiger partial charge in [-0.2, -0.15) is 0 Å². The molecule has 0 bridgehead atoms. The maximum absolute atomic E-state index is 8.75. The first kappa shape index (κ1) is 12.1. The van der Waals surface area contributed by atoms with Crippen LogP contribution in [0.5, 0.6) is 0 Å². The number of benzene rings is 1. The summed E-state index contributed by atoms with van der Waals surface area (Å²) in [5, 5.41) is 13.3. The van der Waals surface area contributed by atoms with E-state index in [2.05, 4.69) is 24.4 Å². The van der Waals surface area contributed by atoms with E-state index >= 15 is 0 Å². The Morgan fingerprint density at radius 3 is 2.94 bits per heavy atom. The summed E-state index contributed by atoms with van der Waals surface area (Å²) in [6, 6.07) is 10.5. The van der Waals surface area contributed by atoms with Crippen molar-refractivity contribution in [3.8, 4) is 0 Å². The molecule has 2 aromatic rings. The third kappa shape index (κ3) is 3.32. The van der Waals surface area contributed by atoms with Crippen LogP contribution in [0, 0.1) is 0 Å². The minimum absolute atomic E-state index is 0.261. The second-order valence-electron chi connectivity index (χ2n) is 4.40. The summed E-state index contributed by atoms with van der Waals surface area (Å²) >= 11 is 0. The highest BCUT2D eigenvalue weighted by Gasteiger charge is 2.05. The number of hydrogen-bond donors (Lipinski definition) is 2. The van der Waals surface area contributed by atoms with Gasteiger partial charge in [-0.05, 0) is 31.9 Å². The van der Waals surface area contributed by atoms with Crippen molar-refractivity contribution < 1.29 is 9.52 Å². The van der Waals surface area contributed by atoms with Gasteiger partial charge in [-0.1, -0.05) is 18.2 Å². The van der Waals surface area contributed by atoms with Crippen LogP contribution < -0.4 is 5.32 Å². The number of fused-ring (bicyclic) bond motifs is 1. The number of aliphatic hydroxyl groups excluding tert-OH is 1. The average molecular weight is 233 g/mol. The Hall–Kier alpha value is -1.32. The zero-order valence-electron chi connectivity index (χ0n) is 10.1. The number of nitrogens with one attached hydrogen (secondary N) is 1. The molecule has 0 saturated heterocycles. The summed E-state index contributed by atoms with van der Waals surface area (Å²) in [5.41, 5.74) is 0.937.